The van der Waals surface area contributed by atoms with Crippen LogP contribution >= 0.6 is 0 Å². The molecule has 6 heteroatoms. The summed E-state index contributed by atoms with van der Waals surface area (Å²) in [6.45, 7) is 2.08. The van der Waals surface area contributed by atoms with Crippen molar-refractivity contribution in [3.8, 4) is 18.2 Å². The first-order chi connectivity index (χ1) is 9.63. The van der Waals surface area contributed by atoms with Crippen LogP contribution in [-0.2, 0) is 14.3 Å². The molecule has 0 aliphatic carbocycles. The van der Waals surface area contributed by atoms with Crippen LogP contribution in [0.1, 0.15) is 39.0 Å². The quantitative estimate of drug-likeness (QED) is 0.379. The van der Waals surface area contributed by atoms with Crippen molar-refractivity contribution in [1.29, 1.82) is 15.8 Å². The fraction of sp³-hybridized carbons (Fsp3) is 0.714. The number of nitriles is 3. The Morgan fingerprint density at radius 3 is 2.40 bits per heavy atom. The summed E-state index contributed by atoms with van der Waals surface area (Å²) in [5.74, 6) is -0.313. The lowest BCUT2D eigenvalue weighted by molar-refractivity contribution is -0.144. The Labute approximate surface area is 118 Å². The Morgan fingerprint density at radius 2 is 1.85 bits per heavy atom. The first kappa shape index (κ1) is 16.0. The fourth-order valence-corrected chi connectivity index (χ4v) is 1.86. The summed E-state index contributed by atoms with van der Waals surface area (Å²) in [7, 11) is 0. The second-order valence-electron chi connectivity index (χ2n) is 4.73. The molecule has 0 amide bonds. The van der Waals surface area contributed by atoms with E-state index in [0.717, 1.165) is 25.7 Å². The molecule has 1 aliphatic heterocycles. The number of hydrogen-bond donors (Lipinski definition) is 0. The van der Waals surface area contributed by atoms with Gasteiger partial charge in [-0.1, -0.05) is 26.2 Å². The maximum atomic E-state index is 11.4. The van der Waals surface area contributed by atoms with Crippen molar-refractivity contribution < 1.29 is 14.3 Å². The topological polar surface area (TPSA) is 110 Å². The third-order valence-corrected chi connectivity index (χ3v) is 3.18. The molecule has 1 fully saturated rings. The molecule has 2 atom stereocenters. The summed E-state index contributed by atoms with van der Waals surface area (Å²) in [5, 5.41) is 26.6. The Balaban J connectivity index is 2.27. The molecule has 2 unspecified atom stereocenters. The van der Waals surface area contributed by atoms with Crippen LogP contribution in [0.3, 0.4) is 0 Å². The lowest BCUT2D eigenvalue weighted by Crippen LogP contribution is -2.25. The normalized spacial score (nSPS) is 20.3. The molecule has 0 aromatic rings. The van der Waals surface area contributed by atoms with E-state index in [9.17, 15) is 4.79 Å². The lowest BCUT2D eigenvalue weighted by Gasteiger charge is -2.05. The minimum atomic E-state index is -1.81. The van der Waals surface area contributed by atoms with Gasteiger partial charge in [-0.3, -0.25) is 4.79 Å². The highest BCUT2D eigenvalue weighted by Crippen LogP contribution is 2.38. The molecule has 0 saturated carbocycles. The summed E-state index contributed by atoms with van der Waals surface area (Å²) in [5.41, 5.74) is -1.81. The van der Waals surface area contributed by atoms with Gasteiger partial charge in [0.2, 0.25) is 0 Å². The van der Waals surface area contributed by atoms with Gasteiger partial charge in [0, 0.05) is 6.42 Å². The molecule has 0 bridgehead atoms. The number of rotatable bonds is 8. The number of ether oxygens (including phenoxy) is 2. The van der Waals surface area contributed by atoms with Crippen LogP contribution in [0, 0.1) is 39.4 Å². The average Bonchev–Trinajstić information content (AvgIpc) is 3.24. The van der Waals surface area contributed by atoms with Gasteiger partial charge >= 0.3 is 5.97 Å². The Bertz CT molecular complexity index is 433. The van der Waals surface area contributed by atoms with Crippen LogP contribution < -0.4 is 0 Å². The van der Waals surface area contributed by atoms with E-state index in [1.807, 2.05) is 0 Å². The molecule has 6 nitrogen and oxygen atoms in total. The van der Waals surface area contributed by atoms with E-state index < -0.39 is 17.6 Å². The highest BCUT2D eigenvalue weighted by Gasteiger charge is 2.57. The number of carbonyl (C=O) groups is 1. The van der Waals surface area contributed by atoms with Crippen LogP contribution in [0.2, 0.25) is 0 Å². The second-order valence-corrected chi connectivity index (χ2v) is 4.73. The van der Waals surface area contributed by atoms with Gasteiger partial charge in [0.05, 0.1) is 0 Å². The van der Waals surface area contributed by atoms with Crippen molar-refractivity contribution in [2.75, 3.05) is 6.61 Å². The van der Waals surface area contributed by atoms with E-state index in [4.69, 9.17) is 25.3 Å². The van der Waals surface area contributed by atoms with Crippen LogP contribution in [0.25, 0.3) is 0 Å². The first-order valence-electron chi connectivity index (χ1n) is 6.68. The van der Waals surface area contributed by atoms with Crippen molar-refractivity contribution in [3.05, 3.63) is 0 Å². The lowest BCUT2D eigenvalue weighted by atomic mass is 9.88. The predicted molar refractivity (Wildman–Crippen MR) is 67.7 cm³/mol. The first-order valence-corrected chi connectivity index (χ1v) is 6.68. The van der Waals surface area contributed by atoms with Crippen molar-refractivity contribution in [2.45, 2.75) is 51.2 Å². The van der Waals surface area contributed by atoms with Gasteiger partial charge in [0.15, 0.2) is 0 Å². The number of carbonyl (C=O) groups excluding carboxylic acids is 1. The maximum Gasteiger partial charge on any atom is 0.305 e. The van der Waals surface area contributed by atoms with Gasteiger partial charge in [0.1, 0.15) is 37.0 Å². The van der Waals surface area contributed by atoms with Gasteiger partial charge in [0.25, 0.3) is 5.41 Å². The smallest absolute Gasteiger partial charge is 0.305 e. The van der Waals surface area contributed by atoms with Gasteiger partial charge < -0.3 is 9.47 Å². The van der Waals surface area contributed by atoms with E-state index in [1.54, 1.807) is 18.2 Å². The minimum absolute atomic E-state index is 0.00985. The van der Waals surface area contributed by atoms with Crippen molar-refractivity contribution >= 4 is 5.97 Å². The molecule has 0 aromatic carbocycles. The predicted octanol–water partition coefficient (Wildman–Crippen LogP) is 1.82. The number of hydrogen-bond acceptors (Lipinski definition) is 6. The second kappa shape index (κ2) is 7.48. The molecule has 0 spiro atoms. The Morgan fingerprint density at radius 1 is 1.20 bits per heavy atom. The highest BCUT2D eigenvalue weighted by molar-refractivity contribution is 5.69. The Hall–Kier alpha value is -2.10. The molecule has 1 rings (SSSR count). The van der Waals surface area contributed by atoms with Crippen molar-refractivity contribution in [2.24, 2.45) is 5.41 Å². The molecular weight excluding hydrogens is 258 g/mol. The van der Waals surface area contributed by atoms with Crippen LogP contribution in [0.4, 0.5) is 0 Å². The molecule has 106 valence electrons. The molecule has 0 N–H and O–H groups in total. The summed E-state index contributed by atoms with van der Waals surface area (Å²) in [6, 6.07) is 4.97. The average molecular weight is 275 g/mol. The molecule has 20 heavy (non-hydrogen) atoms. The summed E-state index contributed by atoms with van der Waals surface area (Å²) in [6.07, 6.45) is 3.01. The summed E-state index contributed by atoms with van der Waals surface area (Å²) < 4.78 is 10.1. The third kappa shape index (κ3) is 3.95. The van der Waals surface area contributed by atoms with Crippen LogP contribution in [0.5, 0.6) is 0 Å². The van der Waals surface area contributed by atoms with Crippen molar-refractivity contribution in [1.82, 2.24) is 0 Å². The molecule has 1 heterocycles. The van der Waals surface area contributed by atoms with Gasteiger partial charge in [-0.2, -0.15) is 15.8 Å². The zero-order valence-corrected chi connectivity index (χ0v) is 11.5. The van der Waals surface area contributed by atoms with Crippen LogP contribution in [-0.4, -0.2) is 24.8 Å². The van der Waals surface area contributed by atoms with E-state index in [0.29, 0.717) is 6.42 Å². The van der Waals surface area contributed by atoms with Crippen LogP contribution in [0.15, 0.2) is 0 Å². The zero-order valence-electron chi connectivity index (χ0n) is 11.5. The van der Waals surface area contributed by atoms with E-state index in [-0.39, 0.29) is 12.6 Å². The fourth-order valence-electron chi connectivity index (χ4n) is 1.86. The molecule has 1 aliphatic rings. The number of nitrogens with zero attached hydrogens (tertiary/aromatic N) is 3. The van der Waals surface area contributed by atoms with E-state index in [1.165, 1.54) is 0 Å². The molecule has 0 radical (unpaired) electrons. The van der Waals surface area contributed by atoms with Gasteiger partial charge in [-0.15, -0.1) is 0 Å². The van der Waals surface area contributed by atoms with Gasteiger partial charge in [-0.05, 0) is 6.42 Å². The maximum absolute atomic E-state index is 11.4. The largest absolute Gasteiger partial charge is 0.463 e. The minimum Gasteiger partial charge on any atom is -0.463 e. The SMILES string of the molecule is CCCCCCC(=O)OCC1OC1C(C#N)(C#N)C#N. The Kier molecular flexibility index (Phi) is 5.97. The van der Waals surface area contributed by atoms with E-state index >= 15 is 0 Å². The van der Waals surface area contributed by atoms with Gasteiger partial charge in [-0.25, -0.2) is 0 Å². The number of epoxide rings is 1. The standard InChI is InChI=1S/C14H17N3O3/c1-2-3-4-5-6-12(18)19-7-11-13(20-11)14(8-15,9-16)10-17/h11,13H,2-7H2,1H3. The number of unbranched alkanes of at least 4 members (excludes halogenated alkanes) is 3. The summed E-state index contributed by atoms with van der Waals surface area (Å²) in [4.78, 5) is 11.4. The molecular formula is C14H17N3O3. The third-order valence-electron chi connectivity index (χ3n) is 3.18. The molecule has 1 saturated heterocycles. The number of esters is 1. The molecule has 0 aromatic heterocycles. The summed E-state index contributed by atoms with van der Waals surface area (Å²) >= 11 is 0. The zero-order chi connectivity index (χ0) is 15.0. The highest BCUT2D eigenvalue weighted by atomic mass is 16.6. The van der Waals surface area contributed by atoms with Crippen molar-refractivity contribution in [3.63, 3.8) is 0 Å². The van der Waals surface area contributed by atoms with E-state index in [2.05, 4.69) is 6.92 Å². The monoisotopic (exact) mass is 275 g/mol.